The van der Waals surface area contributed by atoms with E-state index in [0.29, 0.717) is 12.8 Å². The summed E-state index contributed by atoms with van der Waals surface area (Å²) >= 11 is 0. The van der Waals surface area contributed by atoms with Crippen molar-refractivity contribution in [3.8, 4) is 6.07 Å². The van der Waals surface area contributed by atoms with Crippen LogP contribution < -0.4 is 0 Å². The zero-order chi connectivity index (χ0) is 10.9. The number of ketones is 1. The number of hydrogen-bond acceptors (Lipinski definition) is 3. The molecule has 3 nitrogen and oxygen atoms in total. The maximum absolute atomic E-state index is 11.6. The van der Waals surface area contributed by atoms with E-state index in [2.05, 4.69) is 6.07 Å². The van der Waals surface area contributed by atoms with Gasteiger partial charge in [0.25, 0.3) is 0 Å². The minimum Gasteiger partial charge on any atom is -0.390 e. The second-order valence-corrected chi connectivity index (χ2v) is 4.78. The van der Waals surface area contributed by atoms with Gasteiger partial charge in [-0.1, -0.05) is 6.92 Å². The molecule has 0 aliphatic heterocycles. The van der Waals surface area contributed by atoms with Crippen molar-refractivity contribution in [3.63, 3.8) is 0 Å². The average Bonchev–Trinajstić information content (AvgIpc) is 2.07. The van der Waals surface area contributed by atoms with Gasteiger partial charge in [0.2, 0.25) is 0 Å². The van der Waals surface area contributed by atoms with Crippen molar-refractivity contribution in [3.05, 3.63) is 0 Å². The van der Waals surface area contributed by atoms with E-state index in [4.69, 9.17) is 5.26 Å². The third-order valence-corrected chi connectivity index (χ3v) is 3.26. The SMILES string of the molecule is C[C@@H]1C(=O)C[C@H](C(C)(C)O)C[C@H]1C#N. The lowest BCUT2D eigenvalue weighted by Crippen LogP contribution is -2.40. The Balaban J connectivity index is 2.79. The normalized spacial score (nSPS) is 33.9. The van der Waals surface area contributed by atoms with Crippen molar-refractivity contribution >= 4 is 5.78 Å². The van der Waals surface area contributed by atoms with Crippen LogP contribution in [0.2, 0.25) is 0 Å². The molecule has 0 heterocycles. The van der Waals surface area contributed by atoms with Crippen LogP contribution in [0, 0.1) is 29.1 Å². The molecule has 1 N–H and O–H groups in total. The van der Waals surface area contributed by atoms with Crippen molar-refractivity contribution in [1.82, 2.24) is 0 Å². The number of carbonyl (C=O) groups is 1. The predicted octanol–water partition coefficient (Wildman–Crippen LogP) is 1.51. The molecule has 1 aliphatic rings. The van der Waals surface area contributed by atoms with Crippen LogP contribution >= 0.6 is 0 Å². The third kappa shape index (κ3) is 2.13. The van der Waals surface area contributed by atoms with E-state index in [1.807, 2.05) is 0 Å². The molecule has 3 heteroatoms. The highest BCUT2D eigenvalue weighted by atomic mass is 16.3. The number of aliphatic hydroxyl groups is 1. The molecule has 1 rings (SSSR count). The molecule has 0 bridgehead atoms. The number of nitriles is 1. The number of nitrogens with zero attached hydrogens (tertiary/aromatic N) is 1. The lowest BCUT2D eigenvalue weighted by molar-refractivity contribution is -0.130. The molecule has 14 heavy (non-hydrogen) atoms. The summed E-state index contributed by atoms with van der Waals surface area (Å²) in [7, 11) is 0. The quantitative estimate of drug-likeness (QED) is 0.690. The highest BCUT2D eigenvalue weighted by Crippen LogP contribution is 2.36. The first-order valence-corrected chi connectivity index (χ1v) is 5.01. The molecule has 3 atom stereocenters. The zero-order valence-electron chi connectivity index (χ0n) is 8.95. The molecule has 0 radical (unpaired) electrons. The third-order valence-electron chi connectivity index (χ3n) is 3.26. The molecule has 0 aromatic heterocycles. The molecule has 78 valence electrons. The first-order valence-electron chi connectivity index (χ1n) is 5.01. The molecule has 1 aliphatic carbocycles. The fourth-order valence-electron chi connectivity index (χ4n) is 1.95. The van der Waals surface area contributed by atoms with E-state index in [1.165, 1.54) is 0 Å². The fraction of sp³-hybridized carbons (Fsp3) is 0.818. The number of rotatable bonds is 1. The maximum Gasteiger partial charge on any atom is 0.137 e. The fourth-order valence-corrected chi connectivity index (χ4v) is 1.95. The molecular weight excluding hydrogens is 178 g/mol. The lowest BCUT2D eigenvalue weighted by Gasteiger charge is -2.36. The minimum absolute atomic E-state index is 0.0733. The van der Waals surface area contributed by atoms with Gasteiger partial charge in [0, 0.05) is 12.3 Å². The standard InChI is InChI=1S/C11H17NO2/c1-7-8(6-12)4-9(5-10(7)13)11(2,3)14/h7-9,14H,4-5H2,1-3H3/t7-,8-,9+/m0/s1. The second-order valence-electron chi connectivity index (χ2n) is 4.78. The van der Waals surface area contributed by atoms with Crippen molar-refractivity contribution in [2.75, 3.05) is 0 Å². The van der Waals surface area contributed by atoms with Gasteiger partial charge in [-0.15, -0.1) is 0 Å². The Kier molecular flexibility index (Phi) is 2.96. The van der Waals surface area contributed by atoms with Crippen LogP contribution in [0.15, 0.2) is 0 Å². The van der Waals surface area contributed by atoms with E-state index in [1.54, 1.807) is 20.8 Å². The van der Waals surface area contributed by atoms with Crippen molar-refractivity contribution < 1.29 is 9.90 Å². The zero-order valence-corrected chi connectivity index (χ0v) is 8.95. The Bertz CT molecular complexity index is 272. The van der Waals surface area contributed by atoms with Crippen LogP contribution in [0.5, 0.6) is 0 Å². The summed E-state index contributed by atoms with van der Waals surface area (Å²) in [5.74, 6) is -0.364. The minimum atomic E-state index is -0.856. The molecule has 0 amide bonds. The Morgan fingerprint density at radius 1 is 1.57 bits per heavy atom. The maximum atomic E-state index is 11.6. The second kappa shape index (κ2) is 3.70. The van der Waals surface area contributed by atoms with Gasteiger partial charge in [-0.3, -0.25) is 4.79 Å². The van der Waals surface area contributed by atoms with Crippen LogP contribution in [0.25, 0.3) is 0 Å². The van der Waals surface area contributed by atoms with Crippen molar-refractivity contribution in [2.45, 2.75) is 39.2 Å². The van der Waals surface area contributed by atoms with Crippen LogP contribution in [0.4, 0.5) is 0 Å². The summed E-state index contributed by atoms with van der Waals surface area (Å²) in [5, 5.41) is 18.7. The molecule has 1 fully saturated rings. The highest BCUT2D eigenvalue weighted by Gasteiger charge is 2.39. The van der Waals surface area contributed by atoms with Crippen LogP contribution in [0.1, 0.15) is 33.6 Å². The van der Waals surface area contributed by atoms with Gasteiger partial charge < -0.3 is 5.11 Å². The van der Waals surface area contributed by atoms with Crippen LogP contribution in [-0.2, 0) is 4.79 Å². The Labute approximate surface area is 84.7 Å². The first kappa shape index (κ1) is 11.2. The average molecular weight is 195 g/mol. The molecule has 0 unspecified atom stereocenters. The molecule has 0 aromatic rings. The molecule has 0 aromatic carbocycles. The van der Waals surface area contributed by atoms with Gasteiger partial charge in [0.1, 0.15) is 5.78 Å². The van der Waals surface area contributed by atoms with Gasteiger partial charge in [-0.05, 0) is 26.2 Å². The van der Waals surface area contributed by atoms with Crippen LogP contribution in [-0.4, -0.2) is 16.5 Å². The van der Waals surface area contributed by atoms with E-state index in [9.17, 15) is 9.90 Å². The Morgan fingerprint density at radius 3 is 2.57 bits per heavy atom. The number of carbonyl (C=O) groups excluding carboxylic acids is 1. The van der Waals surface area contributed by atoms with Gasteiger partial charge >= 0.3 is 0 Å². The van der Waals surface area contributed by atoms with E-state index in [-0.39, 0.29) is 23.5 Å². The molecule has 0 spiro atoms. The predicted molar refractivity (Wildman–Crippen MR) is 52.3 cm³/mol. The Morgan fingerprint density at radius 2 is 2.14 bits per heavy atom. The lowest BCUT2D eigenvalue weighted by atomic mass is 9.69. The number of hydrogen-bond donors (Lipinski definition) is 1. The van der Waals surface area contributed by atoms with E-state index >= 15 is 0 Å². The first-order chi connectivity index (χ1) is 6.36. The van der Waals surface area contributed by atoms with Crippen molar-refractivity contribution in [2.24, 2.45) is 17.8 Å². The summed E-state index contributed by atoms with van der Waals surface area (Å²) in [6, 6.07) is 2.15. The summed E-state index contributed by atoms with van der Waals surface area (Å²) in [4.78, 5) is 11.6. The number of Topliss-reactive ketones (excluding diaryl/α,β-unsaturated/α-hetero) is 1. The monoisotopic (exact) mass is 195 g/mol. The van der Waals surface area contributed by atoms with Gasteiger partial charge in [-0.2, -0.15) is 5.26 Å². The Hall–Kier alpha value is -0.880. The summed E-state index contributed by atoms with van der Waals surface area (Å²) in [6.07, 6.45) is 1.04. The van der Waals surface area contributed by atoms with E-state index < -0.39 is 5.60 Å². The van der Waals surface area contributed by atoms with Crippen molar-refractivity contribution in [1.29, 1.82) is 5.26 Å². The smallest absolute Gasteiger partial charge is 0.137 e. The largest absolute Gasteiger partial charge is 0.390 e. The van der Waals surface area contributed by atoms with Gasteiger partial charge in [0.05, 0.1) is 17.6 Å². The van der Waals surface area contributed by atoms with Gasteiger partial charge in [-0.25, -0.2) is 0 Å². The molecule has 0 saturated heterocycles. The van der Waals surface area contributed by atoms with Gasteiger partial charge in [0.15, 0.2) is 0 Å². The summed E-state index contributed by atoms with van der Waals surface area (Å²) in [5.41, 5.74) is -0.856. The van der Waals surface area contributed by atoms with Crippen LogP contribution in [0.3, 0.4) is 0 Å². The highest BCUT2D eigenvalue weighted by molar-refractivity contribution is 5.82. The summed E-state index contributed by atoms with van der Waals surface area (Å²) in [6.45, 7) is 5.21. The van der Waals surface area contributed by atoms with E-state index in [0.717, 1.165) is 0 Å². The molecule has 1 saturated carbocycles. The molecular formula is C11H17NO2. The summed E-state index contributed by atoms with van der Waals surface area (Å²) < 4.78 is 0. The topological polar surface area (TPSA) is 61.1 Å².